The lowest BCUT2D eigenvalue weighted by Gasteiger charge is -2.53. The monoisotopic (exact) mass is 570 g/mol. The first-order valence-electron chi connectivity index (χ1n) is 15.8. The second-order valence-electron chi connectivity index (χ2n) is 12.3. The van der Waals surface area contributed by atoms with Gasteiger partial charge < -0.3 is 14.6 Å². The molecular weight excluding hydrogens is 528 g/mol. The van der Waals surface area contributed by atoms with Crippen LogP contribution < -0.4 is 10.9 Å². The van der Waals surface area contributed by atoms with Gasteiger partial charge in [0.2, 0.25) is 0 Å². The standard InChI is InChI=1S/C34H42N4O4/c1-42-34(41)30(23-13-6-5-7-14-23)36-32(39)31-33(40)38(29-20-11-10-19-28(29)35-31)27-21-25-17-12-18-26(22-27)37(25)24-15-8-3-2-4-9-16-24/h5-7,10-11,13-14,19-20,24-27,30H,2-4,8-9,12,15-18,21-22H2,1H3,(H,36,39)/t25-,26+,27?,30?. The molecule has 2 saturated heterocycles. The van der Waals surface area contributed by atoms with E-state index in [9.17, 15) is 14.4 Å². The van der Waals surface area contributed by atoms with Gasteiger partial charge in [-0.05, 0) is 56.2 Å². The van der Waals surface area contributed by atoms with Gasteiger partial charge in [-0.3, -0.25) is 14.5 Å². The Morgan fingerprint density at radius 3 is 2.12 bits per heavy atom. The predicted octanol–water partition coefficient (Wildman–Crippen LogP) is 5.71. The first kappa shape index (κ1) is 28.6. The molecule has 8 heteroatoms. The Kier molecular flexibility index (Phi) is 8.70. The van der Waals surface area contributed by atoms with E-state index in [0.29, 0.717) is 29.2 Å². The second kappa shape index (κ2) is 12.8. The van der Waals surface area contributed by atoms with E-state index < -0.39 is 23.5 Å². The van der Waals surface area contributed by atoms with Gasteiger partial charge in [0, 0.05) is 24.2 Å². The lowest BCUT2D eigenvalue weighted by Crippen LogP contribution is -2.57. The highest BCUT2D eigenvalue weighted by molar-refractivity contribution is 5.96. The summed E-state index contributed by atoms with van der Waals surface area (Å²) in [5.41, 5.74) is 1.35. The van der Waals surface area contributed by atoms with Crippen LogP contribution >= 0.6 is 0 Å². The summed E-state index contributed by atoms with van der Waals surface area (Å²) >= 11 is 0. The molecule has 2 unspecified atom stereocenters. The lowest BCUT2D eigenvalue weighted by molar-refractivity contribution is -0.143. The fourth-order valence-electron chi connectivity index (χ4n) is 7.83. The van der Waals surface area contributed by atoms with E-state index >= 15 is 0 Å². The molecule has 0 radical (unpaired) electrons. The number of amides is 1. The van der Waals surface area contributed by atoms with E-state index in [4.69, 9.17) is 4.74 Å². The van der Waals surface area contributed by atoms with Gasteiger partial charge in [-0.25, -0.2) is 9.78 Å². The Bertz CT molecular complexity index is 1450. The van der Waals surface area contributed by atoms with Crippen LogP contribution in [0.2, 0.25) is 0 Å². The topological polar surface area (TPSA) is 93.5 Å². The van der Waals surface area contributed by atoms with Gasteiger partial charge in [0.1, 0.15) is 0 Å². The van der Waals surface area contributed by atoms with E-state index in [1.54, 1.807) is 24.3 Å². The Balaban J connectivity index is 1.33. The molecule has 3 fully saturated rings. The number of ether oxygens (including phenoxy) is 1. The van der Waals surface area contributed by atoms with Crippen LogP contribution in [-0.2, 0) is 9.53 Å². The fraction of sp³-hybridized carbons (Fsp3) is 0.529. The first-order valence-corrected chi connectivity index (χ1v) is 15.8. The number of methoxy groups -OCH3 is 1. The molecule has 1 aromatic heterocycles. The van der Waals surface area contributed by atoms with Crippen LogP contribution in [0.5, 0.6) is 0 Å². The zero-order valence-electron chi connectivity index (χ0n) is 24.5. The Morgan fingerprint density at radius 1 is 0.810 bits per heavy atom. The second-order valence-corrected chi connectivity index (χ2v) is 12.3. The average Bonchev–Trinajstić information content (AvgIpc) is 2.99. The first-order chi connectivity index (χ1) is 20.5. The molecule has 6 rings (SSSR count). The molecule has 2 bridgehead atoms. The van der Waals surface area contributed by atoms with E-state index in [-0.39, 0.29) is 11.7 Å². The maximum absolute atomic E-state index is 14.2. The van der Waals surface area contributed by atoms with Crippen LogP contribution in [0.15, 0.2) is 59.4 Å². The van der Waals surface area contributed by atoms with Gasteiger partial charge in [0.25, 0.3) is 11.5 Å². The van der Waals surface area contributed by atoms with Crippen LogP contribution in [-0.4, -0.2) is 51.6 Å². The summed E-state index contributed by atoms with van der Waals surface area (Å²) < 4.78 is 6.82. The Labute approximate surface area is 247 Å². The van der Waals surface area contributed by atoms with E-state index in [1.165, 1.54) is 58.5 Å². The van der Waals surface area contributed by atoms with Crippen molar-refractivity contribution in [3.63, 3.8) is 0 Å². The minimum Gasteiger partial charge on any atom is -0.467 e. The van der Waals surface area contributed by atoms with Crippen molar-refractivity contribution >= 4 is 22.9 Å². The van der Waals surface area contributed by atoms with Crippen molar-refractivity contribution in [1.29, 1.82) is 0 Å². The summed E-state index contributed by atoms with van der Waals surface area (Å²) in [6, 6.07) is 17.0. The minimum atomic E-state index is -1.05. The largest absolute Gasteiger partial charge is 0.467 e. The maximum Gasteiger partial charge on any atom is 0.333 e. The molecule has 1 N–H and O–H groups in total. The molecule has 222 valence electrons. The molecule has 1 aliphatic carbocycles. The summed E-state index contributed by atoms with van der Waals surface area (Å²) in [5, 5.41) is 2.74. The van der Waals surface area contributed by atoms with Crippen molar-refractivity contribution in [2.24, 2.45) is 0 Å². The number of hydrogen-bond donors (Lipinski definition) is 1. The number of carbonyl (C=O) groups is 2. The Morgan fingerprint density at radius 2 is 1.43 bits per heavy atom. The highest BCUT2D eigenvalue weighted by Crippen LogP contribution is 2.42. The third-order valence-corrected chi connectivity index (χ3v) is 9.72. The smallest absolute Gasteiger partial charge is 0.333 e. The van der Waals surface area contributed by atoms with Crippen LogP contribution in [0.1, 0.15) is 105 Å². The number of carbonyl (C=O) groups excluding carboxylic acids is 2. The van der Waals surface area contributed by atoms with Crippen LogP contribution in [0, 0.1) is 0 Å². The molecule has 2 aromatic carbocycles. The minimum absolute atomic E-state index is 0.0115. The zero-order valence-corrected chi connectivity index (χ0v) is 24.5. The summed E-state index contributed by atoms with van der Waals surface area (Å²) in [6.07, 6.45) is 14.6. The fourth-order valence-corrected chi connectivity index (χ4v) is 7.83. The average molecular weight is 571 g/mol. The van der Waals surface area contributed by atoms with Gasteiger partial charge in [-0.15, -0.1) is 0 Å². The zero-order chi connectivity index (χ0) is 29.1. The molecule has 2 aliphatic heterocycles. The third-order valence-electron chi connectivity index (χ3n) is 9.72. The number of para-hydroxylation sites is 2. The van der Waals surface area contributed by atoms with Crippen molar-refractivity contribution in [3.05, 3.63) is 76.2 Å². The van der Waals surface area contributed by atoms with Gasteiger partial charge in [0.15, 0.2) is 11.7 Å². The van der Waals surface area contributed by atoms with Gasteiger partial charge in [-0.1, -0.05) is 81.0 Å². The number of benzene rings is 2. The predicted molar refractivity (Wildman–Crippen MR) is 162 cm³/mol. The molecule has 3 aromatic rings. The normalized spacial score (nSPS) is 24.4. The van der Waals surface area contributed by atoms with E-state index in [1.807, 2.05) is 34.9 Å². The molecule has 0 spiro atoms. The number of aromatic nitrogens is 2. The van der Waals surface area contributed by atoms with Crippen LogP contribution in [0.3, 0.4) is 0 Å². The summed E-state index contributed by atoms with van der Waals surface area (Å²) in [4.78, 5) is 47.9. The SMILES string of the molecule is COC(=O)C(NC(=O)c1nc2ccccc2n(C2C[C@H]3CCC[C@@H](C2)N3C2CCCCCCC2)c1=O)c1ccccc1. The number of nitrogens with zero attached hydrogens (tertiary/aromatic N) is 3. The van der Waals surface area contributed by atoms with Gasteiger partial charge in [0.05, 0.1) is 18.1 Å². The highest BCUT2D eigenvalue weighted by Gasteiger charge is 2.42. The third kappa shape index (κ3) is 5.74. The summed E-state index contributed by atoms with van der Waals surface area (Å²) in [5.74, 6) is -1.28. The van der Waals surface area contributed by atoms with Crippen LogP contribution in [0.4, 0.5) is 0 Å². The van der Waals surface area contributed by atoms with Gasteiger partial charge >= 0.3 is 5.97 Å². The molecule has 1 amide bonds. The summed E-state index contributed by atoms with van der Waals surface area (Å²) in [7, 11) is 1.28. The van der Waals surface area contributed by atoms with E-state index in [0.717, 1.165) is 31.2 Å². The van der Waals surface area contributed by atoms with Crippen molar-refractivity contribution in [2.75, 3.05) is 7.11 Å². The number of rotatable bonds is 6. The van der Waals surface area contributed by atoms with Crippen molar-refractivity contribution in [1.82, 2.24) is 19.8 Å². The van der Waals surface area contributed by atoms with Gasteiger partial charge in [-0.2, -0.15) is 0 Å². The van der Waals surface area contributed by atoms with E-state index in [2.05, 4.69) is 15.2 Å². The molecule has 4 atom stereocenters. The van der Waals surface area contributed by atoms with Crippen molar-refractivity contribution in [2.45, 2.75) is 107 Å². The summed E-state index contributed by atoms with van der Waals surface area (Å²) in [6.45, 7) is 0. The number of piperidine rings is 2. The quantitative estimate of drug-likeness (QED) is 0.382. The maximum atomic E-state index is 14.2. The number of nitrogens with one attached hydrogen (secondary N) is 1. The number of hydrogen-bond acceptors (Lipinski definition) is 6. The molecule has 3 heterocycles. The molecule has 42 heavy (non-hydrogen) atoms. The Hall–Kier alpha value is -3.52. The molecule has 1 saturated carbocycles. The molecule has 3 aliphatic rings. The molecule has 8 nitrogen and oxygen atoms in total. The molecular formula is C34H42N4O4. The highest BCUT2D eigenvalue weighted by atomic mass is 16.5. The van der Waals surface area contributed by atoms with Crippen molar-refractivity contribution < 1.29 is 14.3 Å². The number of fused-ring (bicyclic) bond motifs is 3. The van der Waals surface area contributed by atoms with Crippen molar-refractivity contribution in [3.8, 4) is 0 Å². The number of esters is 1. The lowest BCUT2D eigenvalue weighted by atomic mass is 9.79. The van der Waals surface area contributed by atoms with Crippen LogP contribution in [0.25, 0.3) is 11.0 Å².